The Morgan fingerprint density at radius 2 is 2.04 bits per heavy atom. The minimum atomic E-state index is -0.864. The number of hydrogen-bond acceptors (Lipinski definition) is 5. The minimum absolute atomic E-state index is 0.127. The highest BCUT2D eigenvalue weighted by molar-refractivity contribution is 5.89. The molecular weight excluding hydrogens is 314 g/mol. The van der Waals surface area contributed by atoms with Gasteiger partial charge in [0.25, 0.3) is 0 Å². The van der Waals surface area contributed by atoms with Gasteiger partial charge < -0.3 is 20.3 Å². The smallest absolute Gasteiger partial charge is 0.214 e. The van der Waals surface area contributed by atoms with Crippen molar-refractivity contribution in [2.75, 3.05) is 26.3 Å². The molecule has 1 aromatic rings. The Kier molecular flexibility index (Phi) is 3.88. The number of piperidine rings is 1. The molecule has 2 saturated heterocycles. The maximum absolute atomic E-state index is 13.2. The van der Waals surface area contributed by atoms with Gasteiger partial charge in [0.1, 0.15) is 19.1 Å². The monoisotopic (exact) mass is 334 g/mol. The maximum Gasteiger partial charge on any atom is 0.214 e. The molecule has 2 fully saturated rings. The van der Waals surface area contributed by atoms with Crippen LogP contribution in [0.25, 0.3) is 0 Å². The van der Waals surface area contributed by atoms with E-state index in [-0.39, 0.29) is 12.1 Å². The van der Waals surface area contributed by atoms with Gasteiger partial charge in [-0.05, 0) is 43.6 Å². The summed E-state index contributed by atoms with van der Waals surface area (Å²) in [6.45, 7) is 3.72. The molecule has 3 aliphatic heterocycles. The zero-order chi connectivity index (χ0) is 16.6. The molecule has 0 atom stereocenters. The lowest BCUT2D eigenvalue weighted by Gasteiger charge is -2.33. The number of fused-ring (bicyclic) bond motifs is 1. The van der Waals surface area contributed by atoms with Gasteiger partial charge in [0.05, 0.1) is 5.54 Å². The molecule has 5 nitrogen and oxygen atoms in total. The van der Waals surface area contributed by atoms with E-state index in [1.165, 1.54) is 6.07 Å². The summed E-state index contributed by atoms with van der Waals surface area (Å²) in [5, 5.41) is 7.01. The van der Waals surface area contributed by atoms with Gasteiger partial charge in [-0.25, -0.2) is 13.8 Å². The highest BCUT2D eigenvalue weighted by atomic mass is 19.2. The molecule has 1 aromatic carbocycles. The van der Waals surface area contributed by atoms with E-state index < -0.39 is 11.6 Å². The molecule has 0 radical (unpaired) electrons. The van der Waals surface area contributed by atoms with E-state index >= 15 is 0 Å². The Bertz CT molecular complexity index is 698. The standard InChI is InChI=1S/C17H20F2N4O/c18-13-2-1-12(7-14(13)19)9-24-16-8-15-22-17(3-5-20-6-4-17)10-23(15)11-21-16/h1-2,7-8,20,22H,3-6,9-11H2. The summed E-state index contributed by atoms with van der Waals surface area (Å²) in [4.78, 5) is 6.64. The predicted octanol–water partition coefficient (Wildman–Crippen LogP) is 1.72. The number of nitrogens with one attached hydrogen (secondary N) is 2. The van der Waals surface area contributed by atoms with E-state index in [2.05, 4.69) is 20.5 Å². The SMILES string of the molecule is Fc1ccc(COC2=NCN3CC4(CCNCC4)NC3=C2)cc1F. The molecule has 0 bridgehead atoms. The fourth-order valence-corrected chi connectivity index (χ4v) is 3.47. The number of hydrogen-bond donors (Lipinski definition) is 2. The fourth-order valence-electron chi connectivity index (χ4n) is 3.47. The summed E-state index contributed by atoms with van der Waals surface area (Å²) < 4.78 is 31.8. The van der Waals surface area contributed by atoms with Crippen LogP contribution in [-0.2, 0) is 11.3 Å². The second kappa shape index (κ2) is 6.05. The van der Waals surface area contributed by atoms with Gasteiger partial charge in [-0.3, -0.25) is 0 Å². The molecule has 0 aliphatic carbocycles. The summed E-state index contributed by atoms with van der Waals surface area (Å²) in [5.41, 5.74) is 0.703. The van der Waals surface area contributed by atoms with Crippen molar-refractivity contribution in [3.05, 3.63) is 47.3 Å². The van der Waals surface area contributed by atoms with E-state index in [0.717, 1.165) is 50.4 Å². The van der Waals surface area contributed by atoms with Crippen LogP contribution in [0.2, 0.25) is 0 Å². The molecule has 7 heteroatoms. The van der Waals surface area contributed by atoms with Crippen molar-refractivity contribution in [3.8, 4) is 0 Å². The lowest BCUT2D eigenvalue weighted by atomic mass is 9.89. The quantitative estimate of drug-likeness (QED) is 0.865. The lowest BCUT2D eigenvalue weighted by molar-refractivity contribution is 0.259. The molecule has 3 heterocycles. The topological polar surface area (TPSA) is 48.9 Å². The summed E-state index contributed by atoms with van der Waals surface area (Å²) in [6.07, 6.45) is 4.07. The van der Waals surface area contributed by atoms with Crippen LogP contribution in [0.1, 0.15) is 18.4 Å². The first-order valence-corrected chi connectivity index (χ1v) is 8.20. The Balaban J connectivity index is 1.40. The molecule has 0 aromatic heterocycles. The van der Waals surface area contributed by atoms with Crippen LogP contribution < -0.4 is 10.6 Å². The van der Waals surface area contributed by atoms with Crippen molar-refractivity contribution < 1.29 is 13.5 Å². The van der Waals surface area contributed by atoms with Crippen LogP contribution in [-0.4, -0.2) is 42.6 Å². The molecule has 0 saturated carbocycles. The number of aliphatic imine (C=N–C) groups is 1. The molecule has 3 aliphatic rings. The van der Waals surface area contributed by atoms with Gasteiger partial charge >= 0.3 is 0 Å². The largest absolute Gasteiger partial charge is 0.473 e. The molecule has 2 N–H and O–H groups in total. The third-order valence-corrected chi connectivity index (χ3v) is 4.82. The first kappa shape index (κ1) is 15.4. The van der Waals surface area contributed by atoms with E-state index in [9.17, 15) is 8.78 Å². The number of nitrogens with zero attached hydrogens (tertiary/aromatic N) is 2. The van der Waals surface area contributed by atoms with Crippen molar-refractivity contribution in [1.82, 2.24) is 15.5 Å². The zero-order valence-corrected chi connectivity index (χ0v) is 13.3. The maximum atomic E-state index is 13.2. The summed E-state index contributed by atoms with van der Waals surface area (Å²) >= 11 is 0. The van der Waals surface area contributed by atoms with Gasteiger partial charge in [0.2, 0.25) is 5.90 Å². The van der Waals surface area contributed by atoms with Gasteiger partial charge in [0, 0.05) is 12.6 Å². The average molecular weight is 334 g/mol. The first-order valence-electron chi connectivity index (χ1n) is 8.20. The number of halogens is 2. The summed E-state index contributed by atoms with van der Waals surface area (Å²) in [7, 11) is 0. The van der Waals surface area contributed by atoms with Crippen LogP contribution in [0, 0.1) is 11.6 Å². The Morgan fingerprint density at radius 1 is 1.21 bits per heavy atom. The van der Waals surface area contributed by atoms with Crippen LogP contribution >= 0.6 is 0 Å². The molecule has 128 valence electrons. The predicted molar refractivity (Wildman–Crippen MR) is 86.2 cm³/mol. The van der Waals surface area contributed by atoms with Crippen LogP contribution in [0.5, 0.6) is 0 Å². The van der Waals surface area contributed by atoms with Gasteiger partial charge in [0.15, 0.2) is 11.6 Å². The lowest BCUT2D eigenvalue weighted by Crippen LogP contribution is -2.50. The molecule has 1 spiro atoms. The van der Waals surface area contributed by atoms with Gasteiger partial charge in [-0.1, -0.05) is 6.07 Å². The fraction of sp³-hybridized carbons (Fsp3) is 0.471. The average Bonchev–Trinajstić information content (AvgIpc) is 2.93. The second-order valence-electron chi connectivity index (χ2n) is 6.56. The first-order chi connectivity index (χ1) is 11.6. The van der Waals surface area contributed by atoms with E-state index in [0.29, 0.717) is 18.1 Å². The van der Waals surface area contributed by atoms with Crippen LogP contribution in [0.15, 0.2) is 35.1 Å². The normalized spacial score (nSPS) is 21.8. The highest BCUT2D eigenvalue weighted by Crippen LogP contribution is 2.30. The third kappa shape index (κ3) is 2.96. The zero-order valence-electron chi connectivity index (χ0n) is 13.3. The van der Waals surface area contributed by atoms with Crippen molar-refractivity contribution in [3.63, 3.8) is 0 Å². The molecule has 24 heavy (non-hydrogen) atoms. The minimum Gasteiger partial charge on any atom is -0.473 e. The van der Waals surface area contributed by atoms with E-state index in [4.69, 9.17) is 4.74 Å². The van der Waals surface area contributed by atoms with Crippen molar-refractivity contribution in [1.29, 1.82) is 0 Å². The van der Waals surface area contributed by atoms with Crippen molar-refractivity contribution in [2.45, 2.75) is 25.0 Å². The van der Waals surface area contributed by atoms with Crippen molar-refractivity contribution in [2.24, 2.45) is 4.99 Å². The highest BCUT2D eigenvalue weighted by Gasteiger charge is 2.41. The number of benzene rings is 1. The number of ether oxygens (including phenoxy) is 1. The van der Waals surface area contributed by atoms with Crippen LogP contribution in [0.4, 0.5) is 8.78 Å². The summed E-state index contributed by atoms with van der Waals surface area (Å²) in [5.74, 6) is -0.165. The second-order valence-corrected chi connectivity index (χ2v) is 6.56. The van der Waals surface area contributed by atoms with E-state index in [1.807, 2.05) is 6.08 Å². The third-order valence-electron chi connectivity index (χ3n) is 4.82. The molecule has 4 rings (SSSR count). The Morgan fingerprint density at radius 3 is 2.83 bits per heavy atom. The Labute approximate surface area is 139 Å². The van der Waals surface area contributed by atoms with Gasteiger partial charge in [-0.15, -0.1) is 0 Å². The van der Waals surface area contributed by atoms with Crippen molar-refractivity contribution >= 4 is 5.90 Å². The summed E-state index contributed by atoms with van der Waals surface area (Å²) in [6, 6.07) is 3.77. The number of rotatable bonds is 2. The van der Waals surface area contributed by atoms with E-state index in [1.54, 1.807) is 0 Å². The Hall–Kier alpha value is -2.15. The van der Waals surface area contributed by atoms with Gasteiger partial charge in [-0.2, -0.15) is 0 Å². The molecule has 0 unspecified atom stereocenters. The van der Waals surface area contributed by atoms with Crippen LogP contribution in [0.3, 0.4) is 0 Å². The molecular formula is C17H20F2N4O. The molecule has 0 amide bonds.